The van der Waals surface area contributed by atoms with Crippen LogP contribution in [0, 0.1) is 5.92 Å². The van der Waals surface area contributed by atoms with E-state index in [1.54, 1.807) is 6.07 Å². The number of piperidine rings is 1. The van der Waals surface area contributed by atoms with E-state index in [-0.39, 0.29) is 5.75 Å². The summed E-state index contributed by atoms with van der Waals surface area (Å²) in [6.45, 7) is 3.04. The lowest BCUT2D eigenvalue weighted by molar-refractivity contribution is 0.212. The third kappa shape index (κ3) is 3.67. The number of aromatic nitrogens is 1. The lowest BCUT2D eigenvalue weighted by Gasteiger charge is -2.28. The summed E-state index contributed by atoms with van der Waals surface area (Å²) in [7, 11) is 6.16. The smallest absolute Gasteiger partial charge is 0.175 e. The molecule has 0 bridgehead atoms. The normalized spacial score (nSPS) is 17.4. The Morgan fingerprint density at radius 1 is 1.30 bits per heavy atom. The molecule has 3 rings (SSSR count). The molecular weight excluding hydrogens is 290 g/mol. The monoisotopic (exact) mass is 317 g/mol. The summed E-state index contributed by atoms with van der Waals surface area (Å²) in [6.07, 6.45) is 4.67. The van der Waals surface area contributed by atoms with Crippen LogP contribution in [0.1, 0.15) is 30.5 Å². The number of benzene rings is 1. The van der Waals surface area contributed by atoms with Crippen molar-refractivity contribution < 1.29 is 9.63 Å². The van der Waals surface area contributed by atoms with Crippen LogP contribution >= 0.6 is 0 Å². The van der Waals surface area contributed by atoms with E-state index >= 15 is 0 Å². The standard InChI is InChI=1S/C18H27N3O2/c1-20(2)12-15-17(22)7-5-14-16(19-23-18(14)15)6-4-13-8-10-21(3)11-9-13/h5,7,13,22H,4,6,8-12H2,1-3H3. The molecule has 1 saturated heterocycles. The van der Waals surface area contributed by atoms with E-state index in [4.69, 9.17) is 4.52 Å². The van der Waals surface area contributed by atoms with E-state index in [0.717, 1.165) is 34.6 Å². The fourth-order valence-electron chi connectivity index (χ4n) is 3.44. The number of likely N-dealkylation sites (tertiary alicyclic amines) is 1. The zero-order chi connectivity index (χ0) is 16.4. The lowest BCUT2D eigenvalue weighted by Crippen LogP contribution is -2.30. The zero-order valence-electron chi connectivity index (χ0n) is 14.4. The molecule has 1 fully saturated rings. The largest absolute Gasteiger partial charge is 0.507 e. The van der Waals surface area contributed by atoms with Gasteiger partial charge in [0.1, 0.15) is 5.75 Å². The number of hydrogen-bond donors (Lipinski definition) is 1. The Morgan fingerprint density at radius 3 is 2.74 bits per heavy atom. The minimum Gasteiger partial charge on any atom is -0.507 e. The summed E-state index contributed by atoms with van der Waals surface area (Å²) in [4.78, 5) is 4.42. The quantitative estimate of drug-likeness (QED) is 0.919. The van der Waals surface area contributed by atoms with Crippen molar-refractivity contribution in [2.45, 2.75) is 32.2 Å². The van der Waals surface area contributed by atoms with Crippen LogP contribution in [-0.4, -0.2) is 54.3 Å². The molecule has 5 heteroatoms. The first-order valence-electron chi connectivity index (χ1n) is 8.47. The van der Waals surface area contributed by atoms with Crippen molar-refractivity contribution in [3.8, 4) is 5.75 Å². The Kier molecular flexibility index (Phi) is 4.87. The first-order valence-corrected chi connectivity index (χ1v) is 8.47. The van der Waals surface area contributed by atoms with Gasteiger partial charge in [-0.25, -0.2) is 0 Å². The first-order chi connectivity index (χ1) is 11.0. The Bertz CT molecular complexity index is 658. The van der Waals surface area contributed by atoms with Crippen LogP contribution in [0.5, 0.6) is 5.75 Å². The number of aromatic hydroxyl groups is 1. The minimum atomic E-state index is 0.282. The van der Waals surface area contributed by atoms with Gasteiger partial charge in [-0.3, -0.25) is 0 Å². The van der Waals surface area contributed by atoms with Gasteiger partial charge in [0.25, 0.3) is 0 Å². The van der Waals surface area contributed by atoms with Crippen molar-refractivity contribution in [1.82, 2.24) is 15.0 Å². The molecule has 0 unspecified atom stereocenters. The maximum Gasteiger partial charge on any atom is 0.175 e. The number of phenols is 1. The molecule has 1 aliphatic heterocycles. The molecule has 1 aliphatic rings. The van der Waals surface area contributed by atoms with E-state index < -0.39 is 0 Å². The fourth-order valence-corrected chi connectivity index (χ4v) is 3.44. The van der Waals surface area contributed by atoms with Crippen molar-refractivity contribution >= 4 is 11.0 Å². The number of phenolic OH excluding ortho intramolecular Hbond substituents is 1. The number of aryl methyl sites for hydroxylation is 1. The van der Waals surface area contributed by atoms with Gasteiger partial charge in [0, 0.05) is 11.9 Å². The number of fused-ring (bicyclic) bond motifs is 1. The molecule has 0 saturated carbocycles. The summed E-state index contributed by atoms with van der Waals surface area (Å²) in [5, 5.41) is 15.4. The molecule has 0 spiro atoms. The van der Waals surface area contributed by atoms with Crippen LogP contribution in [0.4, 0.5) is 0 Å². The Balaban J connectivity index is 1.74. The van der Waals surface area contributed by atoms with Crippen LogP contribution in [0.15, 0.2) is 16.7 Å². The highest BCUT2D eigenvalue weighted by atomic mass is 16.5. The second-order valence-corrected chi connectivity index (χ2v) is 7.09. The summed E-state index contributed by atoms with van der Waals surface area (Å²) in [6, 6.07) is 3.70. The molecular formula is C18H27N3O2. The van der Waals surface area contributed by atoms with E-state index in [1.165, 1.54) is 32.4 Å². The van der Waals surface area contributed by atoms with E-state index in [2.05, 4.69) is 17.1 Å². The Labute approximate surface area is 137 Å². The highest BCUT2D eigenvalue weighted by Gasteiger charge is 2.19. The van der Waals surface area contributed by atoms with Gasteiger partial charge in [-0.05, 0) is 78.0 Å². The van der Waals surface area contributed by atoms with Gasteiger partial charge in [-0.2, -0.15) is 0 Å². The van der Waals surface area contributed by atoms with Gasteiger partial charge >= 0.3 is 0 Å². The molecule has 0 aliphatic carbocycles. The second-order valence-electron chi connectivity index (χ2n) is 7.09. The lowest BCUT2D eigenvalue weighted by atomic mass is 9.91. The van der Waals surface area contributed by atoms with Crippen molar-refractivity contribution in [3.05, 3.63) is 23.4 Å². The van der Waals surface area contributed by atoms with Crippen LogP contribution in [0.3, 0.4) is 0 Å². The minimum absolute atomic E-state index is 0.282. The fraction of sp³-hybridized carbons (Fsp3) is 0.611. The number of rotatable bonds is 5. The van der Waals surface area contributed by atoms with Crippen LogP contribution in [-0.2, 0) is 13.0 Å². The van der Waals surface area contributed by atoms with Gasteiger partial charge in [0.15, 0.2) is 5.58 Å². The van der Waals surface area contributed by atoms with Crippen LogP contribution < -0.4 is 0 Å². The highest BCUT2D eigenvalue weighted by Crippen LogP contribution is 2.31. The molecule has 0 radical (unpaired) electrons. The first kappa shape index (κ1) is 16.3. The van der Waals surface area contributed by atoms with E-state index in [0.29, 0.717) is 6.54 Å². The molecule has 1 aromatic carbocycles. The summed E-state index contributed by atoms with van der Waals surface area (Å²) < 4.78 is 5.57. The molecule has 2 aromatic rings. The van der Waals surface area contributed by atoms with Crippen molar-refractivity contribution in [2.24, 2.45) is 5.92 Å². The third-order valence-corrected chi connectivity index (χ3v) is 4.90. The van der Waals surface area contributed by atoms with Crippen LogP contribution in [0.2, 0.25) is 0 Å². The molecule has 0 atom stereocenters. The maximum atomic E-state index is 10.1. The third-order valence-electron chi connectivity index (χ3n) is 4.90. The predicted octanol–water partition coefficient (Wildman–Crippen LogP) is 2.87. The molecule has 0 amide bonds. The average molecular weight is 317 g/mol. The second kappa shape index (κ2) is 6.89. The van der Waals surface area contributed by atoms with Crippen LogP contribution in [0.25, 0.3) is 11.0 Å². The number of hydrogen-bond acceptors (Lipinski definition) is 5. The van der Waals surface area contributed by atoms with Crippen molar-refractivity contribution in [2.75, 3.05) is 34.2 Å². The Morgan fingerprint density at radius 2 is 2.04 bits per heavy atom. The maximum absolute atomic E-state index is 10.1. The zero-order valence-corrected chi connectivity index (χ0v) is 14.4. The molecule has 1 N–H and O–H groups in total. The molecule has 1 aromatic heterocycles. The predicted molar refractivity (Wildman–Crippen MR) is 91.6 cm³/mol. The molecule has 126 valence electrons. The topological polar surface area (TPSA) is 52.7 Å². The van der Waals surface area contributed by atoms with Gasteiger partial charge in [0.2, 0.25) is 0 Å². The molecule has 23 heavy (non-hydrogen) atoms. The van der Waals surface area contributed by atoms with Crippen molar-refractivity contribution in [3.63, 3.8) is 0 Å². The molecule has 5 nitrogen and oxygen atoms in total. The van der Waals surface area contributed by atoms with Gasteiger partial charge < -0.3 is 19.4 Å². The van der Waals surface area contributed by atoms with Crippen molar-refractivity contribution in [1.29, 1.82) is 0 Å². The highest BCUT2D eigenvalue weighted by molar-refractivity contribution is 5.84. The average Bonchev–Trinajstić information content (AvgIpc) is 2.93. The number of nitrogens with zero attached hydrogens (tertiary/aromatic N) is 3. The van der Waals surface area contributed by atoms with E-state index in [9.17, 15) is 5.11 Å². The summed E-state index contributed by atoms with van der Waals surface area (Å²) >= 11 is 0. The van der Waals surface area contributed by atoms with Gasteiger partial charge in [-0.1, -0.05) is 5.16 Å². The van der Waals surface area contributed by atoms with E-state index in [1.807, 2.05) is 25.1 Å². The SMILES string of the molecule is CN(C)Cc1c(O)ccc2c(CCC3CCN(C)CC3)noc12. The molecule has 2 heterocycles. The Hall–Kier alpha value is -1.59. The van der Waals surface area contributed by atoms with Gasteiger partial charge in [0.05, 0.1) is 11.3 Å². The summed E-state index contributed by atoms with van der Waals surface area (Å²) in [5.41, 5.74) is 2.58. The van der Waals surface area contributed by atoms with Gasteiger partial charge in [-0.15, -0.1) is 0 Å². The summed E-state index contributed by atoms with van der Waals surface area (Å²) in [5.74, 6) is 1.07.